The molecule has 0 fully saturated rings. The molecule has 26 heavy (non-hydrogen) atoms. The zero-order valence-corrected chi connectivity index (χ0v) is 16.0. The minimum Gasteiger partial charge on any atom is -0.504 e. The second-order valence-electron chi connectivity index (χ2n) is 5.11. The van der Waals surface area contributed by atoms with Crippen molar-refractivity contribution in [3.8, 4) is 17.6 Å². The lowest BCUT2D eigenvalue weighted by Gasteiger charge is -2.21. The van der Waals surface area contributed by atoms with E-state index in [2.05, 4.69) is 10.6 Å². The number of primary amides is 1. The molecule has 1 aromatic rings. The number of ether oxygens (including phenoxy) is 1. The normalized spacial score (nSPS) is 11.1. The Balaban J connectivity index is 3.38. The van der Waals surface area contributed by atoms with E-state index in [1.807, 2.05) is 12.3 Å². The fourth-order valence-corrected chi connectivity index (χ4v) is 3.27. The number of thioether (sulfide) groups is 1. The third-order valence-corrected chi connectivity index (χ3v) is 4.39. The van der Waals surface area contributed by atoms with Crippen LogP contribution in [0.15, 0.2) is 12.1 Å². The molecule has 3 amide bonds. The topological polar surface area (TPSA) is 137 Å². The lowest BCUT2D eigenvalue weighted by molar-refractivity contribution is -0.122. The third kappa shape index (κ3) is 5.50. The Bertz CT molecular complexity index is 734. The van der Waals surface area contributed by atoms with Gasteiger partial charge in [0.15, 0.2) is 11.5 Å². The molecule has 0 bridgehead atoms. The van der Waals surface area contributed by atoms with E-state index in [9.17, 15) is 14.7 Å². The van der Waals surface area contributed by atoms with Gasteiger partial charge in [0.1, 0.15) is 4.99 Å². The molecule has 1 rings (SSSR count). The molecule has 10 heteroatoms. The minimum absolute atomic E-state index is 0.104. The van der Waals surface area contributed by atoms with Crippen molar-refractivity contribution in [2.24, 2.45) is 5.73 Å². The maximum Gasteiger partial charge on any atom is 0.317 e. The maximum atomic E-state index is 12.6. The first-order valence-corrected chi connectivity index (χ1v) is 9.31. The molecule has 1 aromatic carbocycles. The van der Waals surface area contributed by atoms with Crippen LogP contribution in [0.25, 0.3) is 0 Å². The van der Waals surface area contributed by atoms with Crippen LogP contribution in [0, 0.1) is 11.3 Å². The quantitative estimate of drug-likeness (QED) is 0.383. The number of hydrogen-bond acceptors (Lipinski definition) is 7. The van der Waals surface area contributed by atoms with E-state index in [-0.39, 0.29) is 40.9 Å². The van der Waals surface area contributed by atoms with Crippen LogP contribution in [0.5, 0.6) is 11.5 Å². The number of amides is 3. The number of carbonyl (C=O) groups excluding carboxylic acids is 2. The van der Waals surface area contributed by atoms with Crippen LogP contribution < -0.4 is 21.1 Å². The molecule has 0 aromatic heterocycles. The number of rotatable bonds is 8. The number of aromatic hydroxyl groups is 1. The van der Waals surface area contributed by atoms with Crippen LogP contribution >= 0.6 is 24.0 Å². The number of nitrogens with zero attached hydrogens (tertiary/aromatic N) is 1. The number of methoxy groups -OCH3 is 1. The van der Waals surface area contributed by atoms with Crippen LogP contribution in [0.2, 0.25) is 0 Å². The van der Waals surface area contributed by atoms with E-state index in [0.29, 0.717) is 11.3 Å². The van der Waals surface area contributed by atoms with Gasteiger partial charge >= 0.3 is 6.03 Å². The number of benzene rings is 1. The average molecular weight is 396 g/mol. The summed E-state index contributed by atoms with van der Waals surface area (Å²) >= 11 is 6.59. The molecule has 1 atom stereocenters. The standard InChI is InChI=1S/C16H20N4O4S2/c1-24-11-5-4-9(12(13(11)21)15(25)20-16(18)23)10(8-26-2)14(22)19-7-3-6-17/h4-5,10,21H,3,7-8H2,1-2H3,(H,19,22)(H3,18,20,23,25). The highest BCUT2D eigenvalue weighted by Crippen LogP contribution is 2.36. The van der Waals surface area contributed by atoms with Crippen molar-refractivity contribution >= 4 is 40.9 Å². The minimum atomic E-state index is -0.886. The van der Waals surface area contributed by atoms with Gasteiger partial charge < -0.3 is 20.9 Å². The molecule has 0 aliphatic rings. The number of nitrogens with one attached hydrogen (secondary N) is 2. The van der Waals surface area contributed by atoms with Crippen LogP contribution in [0.1, 0.15) is 23.5 Å². The van der Waals surface area contributed by atoms with Gasteiger partial charge in [-0.05, 0) is 17.9 Å². The van der Waals surface area contributed by atoms with Gasteiger partial charge in [-0.25, -0.2) is 4.79 Å². The Hall–Kier alpha value is -2.51. The molecule has 5 N–H and O–H groups in total. The highest BCUT2D eigenvalue weighted by atomic mass is 32.2. The van der Waals surface area contributed by atoms with Crippen molar-refractivity contribution in [3.05, 3.63) is 23.3 Å². The van der Waals surface area contributed by atoms with E-state index in [0.717, 1.165) is 0 Å². The van der Waals surface area contributed by atoms with Crippen molar-refractivity contribution in [1.29, 1.82) is 5.26 Å². The summed E-state index contributed by atoms with van der Waals surface area (Å²) in [6, 6.07) is 4.18. The summed E-state index contributed by atoms with van der Waals surface area (Å²) < 4.78 is 5.08. The van der Waals surface area contributed by atoms with E-state index >= 15 is 0 Å². The van der Waals surface area contributed by atoms with E-state index in [4.69, 9.17) is 28.0 Å². The van der Waals surface area contributed by atoms with E-state index in [1.165, 1.54) is 24.9 Å². The number of nitriles is 1. The van der Waals surface area contributed by atoms with Crippen LogP contribution in [0.3, 0.4) is 0 Å². The predicted octanol–water partition coefficient (Wildman–Crippen LogP) is 1.22. The van der Waals surface area contributed by atoms with Crippen LogP contribution in [0.4, 0.5) is 4.79 Å². The molecule has 0 spiro atoms. The summed E-state index contributed by atoms with van der Waals surface area (Å²) in [5, 5.41) is 24.0. The first-order chi connectivity index (χ1) is 12.4. The average Bonchev–Trinajstić information content (AvgIpc) is 2.58. The summed E-state index contributed by atoms with van der Waals surface area (Å²) in [6.45, 7) is 0.210. The van der Waals surface area contributed by atoms with Gasteiger partial charge in [0, 0.05) is 12.3 Å². The van der Waals surface area contributed by atoms with E-state index in [1.54, 1.807) is 6.07 Å². The van der Waals surface area contributed by atoms with Gasteiger partial charge in [-0.3, -0.25) is 10.1 Å². The molecule has 0 radical (unpaired) electrons. The second-order valence-corrected chi connectivity index (χ2v) is 6.43. The summed E-state index contributed by atoms with van der Waals surface area (Å²) in [7, 11) is 1.37. The van der Waals surface area contributed by atoms with Crippen molar-refractivity contribution in [3.63, 3.8) is 0 Å². The molecule has 0 saturated heterocycles. The van der Waals surface area contributed by atoms with Crippen molar-refractivity contribution in [2.45, 2.75) is 12.3 Å². The van der Waals surface area contributed by atoms with Gasteiger partial charge in [-0.15, -0.1) is 0 Å². The zero-order chi connectivity index (χ0) is 19.7. The number of phenolic OH excluding ortho intramolecular Hbond substituents is 1. The first-order valence-electron chi connectivity index (χ1n) is 7.51. The Labute approximate surface area is 161 Å². The summed E-state index contributed by atoms with van der Waals surface area (Å²) in [4.78, 5) is 23.6. The summed E-state index contributed by atoms with van der Waals surface area (Å²) in [6.07, 6.45) is 2.01. The zero-order valence-electron chi connectivity index (χ0n) is 14.4. The molecular weight excluding hydrogens is 376 g/mol. The number of phenols is 1. The predicted molar refractivity (Wildman–Crippen MR) is 103 cm³/mol. The first kappa shape index (κ1) is 21.5. The largest absolute Gasteiger partial charge is 0.504 e. The summed E-state index contributed by atoms with van der Waals surface area (Å²) in [5.41, 5.74) is 5.64. The second kappa shape index (κ2) is 10.5. The number of carbonyl (C=O) groups is 2. The van der Waals surface area contributed by atoms with Crippen LogP contribution in [-0.2, 0) is 4.79 Å². The SMILES string of the molecule is COc1ccc(C(CSC)C(=O)NCCC#N)c(C(=S)NC(N)=O)c1O. The lowest BCUT2D eigenvalue weighted by Crippen LogP contribution is -2.36. The van der Waals surface area contributed by atoms with Gasteiger partial charge in [-0.1, -0.05) is 18.3 Å². The number of thiocarbonyl (C=S) groups is 1. The molecule has 0 aliphatic carbocycles. The Morgan fingerprint density at radius 3 is 2.73 bits per heavy atom. The fourth-order valence-electron chi connectivity index (χ4n) is 2.29. The van der Waals surface area contributed by atoms with Crippen molar-refractivity contribution in [2.75, 3.05) is 25.7 Å². The maximum absolute atomic E-state index is 12.6. The Kier molecular flexibility index (Phi) is 8.67. The number of urea groups is 1. The molecule has 140 valence electrons. The molecule has 1 unspecified atom stereocenters. The van der Waals surface area contributed by atoms with Gasteiger partial charge in [0.05, 0.1) is 31.1 Å². The van der Waals surface area contributed by atoms with Gasteiger partial charge in [0.25, 0.3) is 0 Å². The third-order valence-electron chi connectivity index (χ3n) is 3.42. The highest BCUT2D eigenvalue weighted by Gasteiger charge is 2.28. The highest BCUT2D eigenvalue weighted by molar-refractivity contribution is 7.98. The Morgan fingerprint density at radius 1 is 1.50 bits per heavy atom. The molecule has 0 heterocycles. The lowest BCUT2D eigenvalue weighted by atomic mass is 9.93. The van der Waals surface area contributed by atoms with Crippen molar-refractivity contribution < 1.29 is 19.4 Å². The molecule has 8 nitrogen and oxygen atoms in total. The van der Waals surface area contributed by atoms with Gasteiger partial charge in [-0.2, -0.15) is 17.0 Å². The van der Waals surface area contributed by atoms with E-state index < -0.39 is 11.9 Å². The molecule has 0 aliphatic heterocycles. The monoisotopic (exact) mass is 396 g/mol. The smallest absolute Gasteiger partial charge is 0.317 e. The summed E-state index contributed by atoms with van der Waals surface area (Å²) in [5.74, 6) is -0.730. The fraction of sp³-hybridized carbons (Fsp3) is 0.375. The number of hydrogen-bond donors (Lipinski definition) is 4. The van der Waals surface area contributed by atoms with Crippen molar-refractivity contribution in [1.82, 2.24) is 10.6 Å². The number of nitrogens with two attached hydrogens (primary N) is 1. The molecule has 0 saturated carbocycles. The molecular formula is C16H20N4O4S2. The van der Waals surface area contributed by atoms with Crippen LogP contribution in [-0.4, -0.2) is 47.7 Å². The Morgan fingerprint density at radius 2 is 2.19 bits per heavy atom. The van der Waals surface area contributed by atoms with Gasteiger partial charge in [0.2, 0.25) is 5.91 Å².